The number of amides is 2. The molecule has 1 fully saturated rings. The van der Waals surface area contributed by atoms with Crippen molar-refractivity contribution in [1.82, 2.24) is 4.98 Å². The van der Waals surface area contributed by atoms with E-state index in [0.717, 1.165) is 30.5 Å². The topological polar surface area (TPSA) is 62.3 Å². The number of carbonyl (C=O) groups excluding carboxylic acids is 2. The Hall–Kier alpha value is -3.28. The van der Waals surface area contributed by atoms with Gasteiger partial charge in [0.2, 0.25) is 0 Å². The molecule has 1 aliphatic heterocycles. The minimum absolute atomic E-state index is 0.00539. The van der Waals surface area contributed by atoms with E-state index in [2.05, 4.69) is 16.4 Å². The molecule has 0 unspecified atom stereocenters. The molecule has 1 spiro atoms. The van der Waals surface area contributed by atoms with Crippen LogP contribution < -0.4 is 10.2 Å². The molecule has 1 aliphatic carbocycles. The van der Waals surface area contributed by atoms with Crippen molar-refractivity contribution in [2.75, 3.05) is 16.8 Å². The smallest absolute Gasteiger partial charge is 0.316 e. The van der Waals surface area contributed by atoms with E-state index >= 15 is 0 Å². The summed E-state index contributed by atoms with van der Waals surface area (Å²) in [5.74, 6) is -1.73. The molecular weight excluding hydrogens is 357 g/mol. The fourth-order valence-electron chi connectivity index (χ4n) is 4.34. The van der Waals surface area contributed by atoms with Crippen molar-refractivity contribution in [3.8, 4) is 0 Å². The van der Waals surface area contributed by atoms with Crippen molar-refractivity contribution in [2.45, 2.75) is 24.7 Å². The first-order chi connectivity index (χ1) is 13.6. The second-order valence-electron chi connectivity index (χ2n) is 7.53. The molecule has 140 valence electrons. The van der Waals surface area contributed by atoms with Gasteiger partial charge in [0.05, 0.1) is 11.9 Å². The van der Waals surface area contributed by atoms with Crippen LogP contribution in [0.15, 0.2) is 54.7 Å². The Kier molecular flexibility index (Phi) is 3.69. The Morgan fingerprint density at radius 2 is 1.93 bits per heavy atom. The lowest BCUT2D eigenvalue weighted by Crippen LogP contribution is -2.45. The summed E-state index contributed by atoms with van der Waals surface area (Å²) in [5, 5.41) is 3.17. The molecule has 1 saturated carbocycles. The number of aromatic nitrogens is 1. The first-order valence-electron chi connectivity index (χ1n) is 9.34. The molecule has 2 aromatic carbocycles. The Morgan fingerprint density at radius 3 is 2.71 bits per heavy atom. The van der Waals surface area contributed by atoms with Gasteiger partial charge in [-0.05, 0) is 36.6 Å². The number of anilines is 2. The first-order valence-corrected chi connectivity index (χ1v) is 9.34. The highest BCUT2D eigenvalue weighted by molar-refractivity contribution is 6.44. The number of rotatable bonds is 1. The van der Waals surface area contributed by atoms with Gasteiger partial charge in [-0.3, -0.25) is 14.6 Å². The predicted octanol–water partition coefficient (Wildman–Crippen LogP) is 3.78. The number of carbonyl (C=O) groups is 2. The summed E-state index contributed by atoms with van der Waals surface area (Å²) >= 11 is 0. The highest BCUT2D eigenvalue weighted by atomic mass is 19.1. The number of fused-ring (bicyclic) bond motifs is 3. The van der Waals surface area contributed by atoms with Crippen LogP contribution in [-0.2, 0) is 15.0 Å². The SMILES string of the molecule is O=C(Nc1cnc2c(F)cccc2c1)C(=O)N1CC2(CCC2)c2ccccc21. The number of benzene rings is 2. The van der Waals surface area contributed by atoms with E-state index in [4.69, 9.17) is 0 Å². The molecule has 0 radical (unpaired) electrons. The summed E-state index contributed by atoms with van der Waals surface area (Å²) < 4.78 is 13.8. The van der Waals surface area contributed by atoms with Crippen LogP contribution in [0, 0.1) is 5.82 Å². The maximum atomic E-state index is 13.8. The molecule has 0 atom stereocenters. The van der Waals surface area contributed by atoms with Crippen molar-refractivity contribution in [3.63, 3.8) is 0 Å². The van der Waals surface area contributed by atoms with Crippen LogP contribution >= 0.6 is 0 Å². The molecule has 1 N–H and O–H groups in total. The van der Waals surface area contributed by atoms with E-state index in [1.54, 1.807) is 23.1 Å². The summed E-state index contributed by atoms with van der Waals surface area (Å²) in [5.41, 5.74) is 2.56. The quantitative estimate of drug-likeness (QED) is 0.659. The number of nitrogens with one attached hydrogen (secondary N) is 1. The van der Waals surface area contributed by atoms with Crippen LogP contribution in [0.5, 0.6) is 0 Å². The zero-order chi connectivity index (χ0) is 19.3. The standard InChI is InChI=1S/C22H18FN3O2/c23-17-7-3-5-14-11-15(12-24-19(14)17)25-20(27)21(28)26-13-22(9-4-10-22)16-6-1-2-8-18(16)26/h1-3,5-8,11-12H,4,9-10,13H2,(H,25,27). The largest absolute Gasteiger partial charge is 0.316 e. The number of pyridine rings is 1. The normalized spacial score (nSPS) is 16.7. The van der Waals surface area contributed by atoms with E-state index in [1.807, 2.05) is 18.2 Å². The van der Waals surface area contributed by atoms with Crippen molar-refractivity contribution >= 4 is 34.1 Å². The van der Waals surface area contributed by atoms with Crippen molar-refractivity contribution in [3.05, 3.63) is 66.1 Å². The van der Waals surface area contributed by atoms with Gasteiger partial charge in [-0.25, -0.2) is 4.39 Å². The Bertz CT molecular complexity index is 1120. The lowest BCUT2D eigenvalue weighted by Gasteiger charge is -2.38. The van der Waals surface area contributed by atoms with Crippen molar-refractivity contribution in [1.29, 1.82) is 0 Å². The van der Waals surface area contributed by atoms with E-state index < -0.39 is 17.6 Å². The number of hydrogen-bond donors (Lipinski definition) is 1. The Morgan fingerprint density at radius 1 is 1.11 bits per heavy atom. The molecule has 1 aromatic heterocycles. The zero-order valence-electron chi connectivity index (χ0n) is 15.1. The van der Waals surface area contributed by atoms with Crippen LogP contribution in [0.25, 0.3) is 10.9 Å². The van der Waals surface area contributed by atoms with Gasteiger partial charge in [-0.15, -0.1) is 0 Å². The van der Waals surface area contributed by atoms with Crippen molar-refractivity contribution in [2.24, 2.45) is 0 Å². The highest BCUT2D eigenvalue weighted by Crippen LogP contribution is 2.52. The van der Waals surface area contributed by atoms with E-state index in [0.29, 0.717) is 17.6 Å². The van der Waals surface area contributed by atoms with Gasteiger partial charge in [0.1, 0.15) is 11.3 Å². The van der Waals surface area contributed by atoms with Crippen LogP contribution in [0.4, 0.5) is 15.8 Å². The van der Waals surface area contributed by atoms with Gasteiger partial charge in [-0.2, -0.15) is 0 Å². The maximum absolute atomic E-state index is 13.8. The fourth-order valence-corrected chi connectivity index (χ4v) is 4.34. The monoisotopic (exact) mass is 375 g/mol. The zero-order valence-corrected chi connectivity index (χ0v) is 15.1. The van der Waals surface area contributed by atoms with Gasteiger partial charge in [-0.1, -0.05) is 36.8 Å². The second-order valence-corrected chi connectivity index (χ2v) is 7.53. The average Bonchev–Trinajstić information content (AvgIpc) is 3.03. The van der Waals surface area contributed by atoms with Crippen LogP contribution in [0.2, 0.25) is 0 Å². The molecule has 5 rings (SSSR count). The summed E-state index contributed by atoms with van der Waals surface area (Å²) in [4.78, 5) is 31.2. The minimum Gasteiger partial charge on any atom is -0.316 e. The average molecular weight is 375 g/mol. The lowest BCUT2D eigenvalue weighted by molar-refractivity contribution is -0.134. The summed E-state index contributed by atoms with van der Waals surface area (Å²) in [6, 6.07) is 14.0. The molecule has 2 aliphatic rings. The van der Waals surface area contributed by atoms with Gasteiger partial charge >= 0.3 is 11.8 Å². The second kappa shape index (κ2) is 6.12. The molecule has 2 heterocycles. The molecule has 28 heavy (non-hydrogen) atoms. The molecule has 0 saturated heterocycles. The summed E-state index contributed by atoms with van der Waals surface area (Å²) in [7, 11) is 0. The third-order valence-corrected chi connectivity index (χ3v) is 5.90. The minimum atomic E-state index is -0.719. The summed E-state index contributed by atoms with van der Waals surface area (Å²) in [6.45, 7) is 0.541. The third-order valence-electron chi connectivity index (χ3n) is 5.90. The molecule has 6 heteroatoms. The van der Waals surface area contributed by atoms with E-state index in [9.17, 15) is 14.0 Å². The number of hydrogen-bond acceptors (Lipinski definition) is 3. The lowest BCUT2D eigenvalue weighted by atomic mass is 9.66. The molecule has 0 bridgehead atoms. The number of halogens is 1. The Labute approximate surface area is 161 Å². The van der Waals surface area contributed by atoms with Gasteiger partial charge in [0, 0.05) is 23.0 Å². The molecule has 5 nitrogen and oxygen atoms in total. The molecule has 2 amide bonds. The van der Waals surface area contributed by atoms with E-state index in [1.165, 1.54) is 12.3 Å². The predicted molar refractivity (Wildman–Crippen MR) is 105 cm³/mol. The van der Waals surface area contributed by atoms with Gasteiger partial charge < -0.3 is 10.2 Å². The van der Waals surface area contributed by atoms with Gasteiger partial charge in [0.15, 0.2) is 0 Å². The number of para-hydroxylation sites is 2. The number of nitrogens with zero attached hydrogens (tertiary/aromatic N) is 2. The highest BCUT2D eigenvalue weighted by Gasteiger charge is 2.49. The van der Waals surface area contributed by atoms with Crippen LogP contribution in [-0.4, -0.2) is 23.3 Å². The Balaban J connectivity index is 1.40. The molecule has 3 aromatic rings. The first kappa shape index (κ1) is 16.9. The van der Waals surface area contributed by atoms with Crippen molar-refractivity contribution < 1.29 is 14.0 Å². The van der Waals surface area contributed by atoms with E-state index in [-0.39, 0.29) is 10.9 Å². The fraction of sp³-hybridized carbons (Fsp3) is 0.227. The summed E-state index contributed by atoms with van der Waals surface area (Å²) in [6.07, 6.45) is 4.58. The van der Waals surface area contributed by atoms with Crippen LogP contribution in [0.1, 0.15) is 24.8 Å². The maximum Gasteiger partial charge on any atom is 0.316 e. The van der Waals surface area contributed by atoms with Gasteiger partial charge in [0.25, 0.3) is 0 Å². The third kappa shape index (κ3) is 2.48. The van der Waals surface area contributed by atoms with Crippen LogP contribution in [0.3, 0.4) is 0 Å². The molecular formula is C22H18FN3O2.